The maximum atomic E-state index is 12.8. The van der Waals surface area contributed by atoms with Gasteiger partial charge in [0.15, 0.2) is 0 Å². The SMILES string of the molecule is CC(C)C1SCC(C(=O)O)N1C(=O)NCC(F)(F)C(F)F. The van der Waals surface area contributed by atoms with E-state index in [1.54, 1.807) is 19.2 Å². The molecule has 0 aromatic rings. The standard InChI is InChI=1S/C11H16F4N2O3S/c1-5(2)7-17(6(3-21-7)8(18)19)10(20)16-4-11(14,15)9(12)13/h5-7,9H,3-4H2,1-2H3,(H,16,20)(H,18,19). The molecule has 1 aliphatic heterocycles. The Morgan fingerprint density at radius 2 is 2.00 bits per heavy atom. The number of halogens is 4. The molecule has 0 aromatic carbocycles. The number of aliphatic carboxylic acids is 1. The number of carbonyl (C=O) groups excluding carboxylic acids is 1. The molecule has 0 bridgehead atoms. The molecule has 5 nitrogen and oxygen atoms in total. The molecule has 21 heavy (non-hydrogen) atoms. The predicted molar refractivity (Wildman–Crippen MR) is 68.7 cm³/mol. The van der Waals surface area contributed by atoms with Gasteiger partial charge in [-0.2, -0.15) is 8.78 Å². The van der Waals surface area contributed by atoms with E-state index < -0.39 is 42.3 Å². The molecule has 122 valence electrons. The molecule has 0 radical (unpaired) electrons. The van der Waals surface area contributed by atoms with E-state index in [1.807, 2.05) is 0 Å². The molecule has 1 heterocycles. The summed E-state index contributed by atoms with van der Waals surface area (Å²) >= 11 is 1.21. The summed E-state index contributed by atoms with van der Waals surface area (Å²) in [5, 5.41) is 10.2. The number of hydrogen-bond acceptors (Lipinski definition) is 3. The number of nitrogens with one attached hydrogen (secondary N) is 1. The first-order valence-corrected chi connectivity index (χ1v) is 7.19. The summed E-state index contributed by atoms with van der Waals surface area (Å²) in [4.78, 5) is 23.9. The third-order valence-electron chi connectivity index (χ3n) is 2.92. The quantitative estimate of drug-likeness (QED) is 0.757. The van der Waals surface area contributed by atoms with Crippen molar-refractivity contribution >= 4 is 23.8 Å². The maximum Gasteiger partial charge on any atom is 0.327 e. The Bertz CT molecular complexity index is 409. The van der Waals surface area contributed by atoms with E-state index in [4.69, 9.17) is 5.11 Å². The maximum absolute atomic E-state index is 12.8. The second-order valence-corrected chi connectivity index (χ2v) is 6.10. The zero-order valence-electron chi connectivity index (χ0n) is 11.4. The second-order valence-electron chi connectivity index (χ2n) is 4.95. The monoisotopic (exact) mass is 332 g/mol. The first-order valence-electron chi connectivity index (χ1n) is 6.14. The number of thioether (sulfide) groups is 1. The third-order valence-corrected chi connectivity index (χ3v) is 4.54. The van der Waals surface area contributed by atoms with Gasteiger partial charge in [-0.15, -0.1) is 11.8 Å². The van der Waals surface area contributed by atoms with Crippen molar-refractivity contribution in [1.29, 1.82) is 0 Å². The van der Waals surface area contributed by atoms with Gasteiger partial charge in [-0.05, 0) is 5.92 Å². The van der Waals surface area contributed by atoms with Gasteiger partial charge in [0.2, 0.25) is 0 Å². The number of nitrogens with zero attached hydrogens (tertiary/aromatic N) is 1. The third kappa shape index (κ3) is 4.14. The van der Waals surface area contributed by atoms with Crippen molar-refractivity contribution in [3.05, 3.63) is 0 Å². The zero-order valence-corrected chi connectivity index (χ0v) is 12.2. The molecular formula is C11H16F4N2O3S. The fraction of sp³-hybridized carbons (Fsp3) is 0.818. The molecule has 1 aliphatic rings. The van der Waals surface area contributed by atoms with Gasteiger partial charge in [0.1, 0.15) is 6.04 Å². The fourth-order valence-electron chi connectivity index (χ4n) is 1.85. The molecule has 2 amide bonds. The molecule has 10 heteroatoms. The lowest BCUT2D eigenvalue weighted by Crippen LogP contribution is -2.53. The van der Waals surface area contributed by atoms with Gasteiger partial charge in [0, 0.05) is 5.75 Å². The van der Waals surface area contributed by atoms with Crippen LogP contribution in [0.3, 0.4) is 0 Å². The largest absolute Gasteiger partial charge is 0.480 e. The fourth-order valence-corrected chi connectivity index (χ4v) is 3.32. The van der Waals surface area contributed by atoms with Crippen molar-refractivity contribution in [2.45, 2.75) is 37.6 Å². The summed E-state index contributed by atoms with van der Waals surface area (Å²) in [7, 11) is 0. The molecular weight excluding hydrogens is 316 g/mol. The molecule has 0 saturated carbocycles. The average Bonchev–Trinajstić information content (AvgIpc) is 2.80. The van der Waals surface area contributed by atoms with Gasteiger partial charge < -0.3 is 10.4 Å². The number of rotatable bonds is 5. The first-order chi connectivity index (χ1) is 9.58. The molecule has 1 saturated heterocycles. The van der Waals surface area contributed by atoms with Crippen LogP contribution in [0.25, 0.3) is 0 Å². The summed E-state index contributed by atoms with van der Waals surface area (Å²) in [5.41, 5.74) is 0. The van der Waals surface area contributed by atoms with E-state index in [0.717, 1.165) is 4.90 Å². The summed E-state index contributed by atoms with van der Waals surface area (Å²) in [6.45, 7) is 1.95. The van der Waals surface area contributed by atoms with E-state index in [0.29, 0.717) is 0 Å². The van der Waals surface area contributed by atoms with Crippen molar-refractivity contribution in [3.8, 4) is 0 Å². The van der Waals surface area contributed by atoms with Crippen molar-refractivity contribution in [3.63, 3.8) is 0 Å². The number of urea groups is 1. The minimum Gasteiger partial charge on any atom is -0.480 e. The van der Waals surface area contributed by atoms with Crippen LogP contribution in [0.5, 0.6) is 0 Å². The Hall–Kier alpha value is -1.19. The Morgan fingerprint density at radius 3 is 2.43 bits per heavy atom. The van der Waals surface area contributed by atoms with E-state index in [9.17, 15) is 27.2 Å². The number of hydrogen-bond donors (Lipinski definition) is 2. The molecule has 2 N–H and O–H groups in total. The van der Waals surface area contributed by atoms with Crippen LogP contribution in [0, 0.1) is 5.92 Å². The Labute approximate surface area is 123 Å². The van der Waals surface area contributed by atoms with E-state index in [-0.39, 0.29) is 11.7 Å². The van der Waals surface area contributed by atoms with Crippen molar-refractivity contribution in [2.75, 3.05) is 12.3 Å². The van der Waals surface area contributed by atoms with Crippen LogP contribution >= 0.6 is 11.8 Å². The average molecular weight is 332 g/mol. The van der Waals surface area contributed by atoms with Gasteiger partial charge in [-0.1, -0.05) is 13.8 Å². The van der Waals surface area contributed by atoms with Crippen molar-refractivity contribution in [2.24, 2.45) is 5.92 Å². The van der Waals surface area contributed by atoms with Gasteiger partial charge in [-0.25, -0.2) is 18.4 Å². The van der Waals surface area contributed by atoms with E-state index in [1.165, 1.54) is 11.8 Å². The number of carboxylic acids is 1. The smallest absolute Gasteiger partial charge is 0.327 e. The van der Waals surface area contributed by atoms with Crippen LogP contribution in [-0.4, -0.2) is 58.1 Å². The second kappa shape index (κ2) is 6.71. The van der Waals surface area contributed by atoms with Gasteiger partial charge in [0.25, 0.3) is 0 Å². The molecule has 1 fully saturated rings. The van der Waals surface area contributed by atoms with Crippen LogP contribution in [0.2, 0.25) is 0 Å². The Morgan fingerprint density at radius 1 is 1.43 bits per heavy atom. The molecule has 2 unspecified atom stereocenters. The van der Waals surface area contributed by atoms with Crippen molar-refractivity contribution < 1.29 is 32.3 Å². The summed E-state index contributed by atoms with van der Waals surface area (Å²) in [6.07, 6.45) is -3.90. The highest BCUT2D eigenvalue weighted by atomic mass is 32.2. The van der Waals surface area contributed by atoms with Gasteiger partial charge in [-0.3, -0.25) is 4.90 Å². The molecule has 0 aromatic heterocycles. The summed E-state index contributed by atoms with van der Waals surface area (Å²) < 4.78 is 49.7. The number of carbonyl (C=O) groups is 2. The number of amides is 2. The molecule has 1 rings (SSSR count). The molecule has 0 aliphatic carbocycles. The topological polar surface area (TPSA) is 69.6 Å². The normalized spacial score (nSPS) is 23.0. The minimum absolute atomic E-state index is 0.110. The summed E-state index contributed by atoms with van der Waals surface area (Å²) in [6, 6.07) is -2.24. The summed E-state index contributed by atoms with van der Waals surface area (Å²) in [5.74, 6) is -5.60. The predicted octanol–water partition coefficient (Wildman–Crippen LogP) is 2.08. The Kier molecular flexibility index (Phi) is 5.71. The highest BCUT2D eigenvalue weighted by Gasteiger charge is 2.45. The lowest BCUT2D eigenvalue weighted by Gasteiger charge is -2.30. The highest BCUT2D eigenvalue weighted by molar-refractivity contribution is 8.00. The van der Waals surface area contributed by atoms with Crippen LogP contribution in [0.15, 0.2) is 0 Å². The van der Waals surface area contributed by atoms with Crippen molar-refractivity contribution in [1.82, 2.24) is 10.2 Å². The van der Waals surface area contributed by atoms with Crippen LogP contribution in [0.4, 0.5) is 22.4 Å². The van der Waals surface area contributed by atoms with Crippen LogP contribution < -0.4 is 5.32 Å². The lowest BCUT2D eigenvalue weighted by atomic mass is 10.1. The molecule has 0 spiro atoms. The van der Waals surface area contributed by atoms with Crippen LogP contribution in [0.1, 0.15) is 13.8 Å². The van der Waals surface area contributed by atoms with Gasteiger partial charge in [0.05, 0.1) is 11.9 Å². The van der Waals surface area contributed by atoms with E-state index >= 15 is 0 Å². The number of carboxylic acid groups (broad SMARTS) is 1. The van der Waals surface area contributed by atoms with Gasteiger partial charge >= 0.3 is 24.3 Å². The minimum atomic E-state index is -4.35. The lowest BCUT2D eigenvalue weighted by molar-refractivity contribution is -0.141. The van der Waals surface area contributed by atoms with E-state index in [2.05, 4.69) is 0 Å². The first kappa shape index (κ1) is 17.9. The zero-order chi connectivity index (χ0) is 16.4. The highest BCUT2D eigenvalue weighted by Crippen LogP contribution is 2.34. The van der Waals surface area contributed by atoms with Crippen LogP contribution in [-0.2, 0) is 4.79 Å². The number of alkyl halides is 4. The molecule has 2 atom stereocenters. The Balaban J connectivity index is 2.78.